The summed E-state index contributed by atoms with van der Waals surface area (Å²) in [7, 11) is 0. The first-order valence-electron chi connectivity index (χ1n) is 11.7. The summed E-state index contributed by atoms with van der Waals surface area (Å²) in [4.78, 5) is 30.4. The fraction of sp³-hybridized carbons (Fsp3) is 0.214. The van der Waals surface area contributed by atoms with Crippen molar-refractivity contribution in [3.8, 4) is 0 Å². The minimum Gasteiger partial charge on any atom is -0.324 e. The Bertz CT molecular complexity index is 1480. The number of thioether (sulfide) groups is 1. The van der Waals surface area contributed by atoms with Gasteiger partial charge in [-0.15, -0.1) is 11.8 Å². The summed E-state index contributed by atoms with van der Waals surface area (Å²) in [5, 5.41) is 5.01. The molecule has 1 amide bonds. The molecule has 2 fully saturated rings. The normalized spacial score (nSPS) is 26.6. The molecule has 0 aliphatic carbocycles. The SMILES string of the molecule is O=C(/C=C/c1ccc(Cl)cc1Cl)[C@@H]1[C@@H](c2ccc(Cl)cc2Cl)[C@@H]2CSCN2C12C(=O)Nc1ccccc12. The second-order valence-electron chi connectivity index (χ2n) is 9.37. The molecule has 3 aromatic carbocycles. The van der Waals surface area contributed by atoms with Gasteiger partial charge in [-0.1, -0.05) is 76.7 Å². The third-order valence-electron chi connectivity index (χ3n) is 7.55. The van der Waals surface area contributed by atoms with E-state index in [1.54, 1.807) is 48.2 Å². The van der Waals surface area contributed by atoms with Gasteiger partial charge in [-0.05, 0) is 53.6 Å². The molecule has 0 saturated carbocycles. The van der Waals surface area contributed by atoms with Crippen molar-refractivity contribution >= 4 is 81.6 Å². The van der Waals surface area contributed by atoms with E-state index in [1.165, 1.54) is 6.08 Å². The van der Waals surface area contributed by atoms with Crippen LogP contribution in [0.3, 0.4) is 0 Å². The zero-order chi connectivity index (χ0) is 25.9. The molecule has 1 spiro atoms. The number of carbonyl (C=O) groups excluding carboxylic acids is 2. The topological polar surface area (TPSA) is 49.4 Å². The van der Waals surface area contributed by atoms with Crippen molar-refractivity contribution in [2.24, 2.45) is 5.92 Å². The number of halogens is 4. The van der Waals surface area contributed by atoms with Gasteiger partial charge >= 0.3 is 0 Å². The Hall–Kier alpha value is -1.99. The molecular formula is C28H20Cl4N2O2S. The Morgan fingerprint density at radius 3 is 2.49 bits per heavy atom. The van der Waals surface area contributed by atoms with E-state index in [2.05, 4.69) is 10.2 Å². The number of hydrogen-bond acceptors (Lipinski definition) is 4. The number of carbonyl (C=O) groups is 2. The van der Waals surface area contributed by atoms with Crippen molar-refractivity contribution in [3.05, 3.63) is 104 Å². The van der Waals surface area contributed by atoms with Crippen LogP contribution >= 0.6 is 58.2 Å². The van der Waals surface area contributed by atoms with Crippen molar-refractivity contribution < 1.29 is 9.59 Å². The third-order valence-corrected chi connectivity index (χ3v) is 9.71. The van der Waals surface area contributed by atoms with E-state index in [-0.39, 0.29) is 23.7 Å². The number of nitrogens with one attached hydrogen (secondary N) is 1. The van der Waals surface area contributed by atoms with E-state index in [0.717, 1.165) is 22.6 Å². The average molecular weight is 590 g/mol. The molecule has 0 radical (unpaired) electrons. The van der Waals surface area contributed by atoms with Crippen LogP contribution in [0, 0.1) is 5.92 Å². The molecule has 0 bridgehead atoms. The minimum atomic E-state index is -1.16. The van der Waals surface area contributed by atoms with Crippen LogP contribution in [0.15, 0.2) is 66.7 Å². The number of hydrogen-bond donors (Lipinski definition) is 1. The molecule has 1 unspecified atom stereocenters. The molecule has 3 aliphatic heterocycles. The summed E-state index contributed by atoms with van der Waals surface area (Å²) in [5.74, 6) is -0.00184. The van der Waals surface area contributed by atoms with Gasteiger partial charge in [-0.3, -0.25) is 14.5 Å². The van der Waals surface area contributed by atoms with Crippen LogP contribution in [0.5, 0.6) is 0 Å². The first-order chi connectivity index (χ1) is 17.8. The fourth-order valence-corrected chi connectivity index (χ4v) is 8.42. The van der Waals surface area contributed by atoms with Crippen LogP contribution in [-0.2, 0) is 15.1 Å². The molecule has 6 rings (SSSR count). The van der Waals surface area contributed by atoms with Crippen LogP contribution in [0.4, 0.5) is 5.69 Å². The third kappa shape index (κ3) is 3.94. The number of rotatable bonds is 4. The molecule has 37 heavy (non-hydrogen) atoms. The lowest BCUT2D eigenvalue weighted by molar-refractivity contribution is -0.134. The van der Waals surface area contributed by atoms with Gasteiger partial charge in [-0.25, -0.2) is 0 Å². The molecule has 188 valence electrons. The van der Waals surface area contributed by atoms with E-state index in [4.69, 9.17) is 46.4 Å². The van der Waals surface area contributed by atoms with Gasteiger partial charge in [0.25, 0.3) is 0 Å². The maximum atomic E-state index is 14.3. The van der Waals surface area contributed by atoms with E-state index in [1.807, 2.05) is 30.3 Å². The number of ketones is 1. The summed E-state index contributed by atoms with van der Waals surface area (Å²) in [6, 6.07) is 18.0. The molecule has 3 aliphatic rings. The average Bonchev–Trinajstić information content (AvgIpc) is 3.52. The molecule has 4 atom stereocenters. The van der Waals surface area contributed by atoms with Crippen LogP contribution in [0.25, 0.3) is 6.08 Å². The van der Waals surface area contributed by atoms with E-state index in [9.17, 15) is 9.59 Å². The van der Waals surface area contributed by atoms with Crippen molar-refractivity contribution in [1.29, 1.82) is 0 Å². The Morgan fingerprint density at radius 1 is 1.00 bits per heavy atom. The lowest BCUT2D eigenvalue weighted by Gasteiger charge is -2.36. The second-order valence-corrected chi connectivity index (χ2v) is 12.1. The highest BCUT2D eigenvalue weighted by atomic mass is 35.5. The highest BCUT2D eigenvalue weighted by Crippen LogP contribution is 2.61. The molecule has 3 heterocycles. The minimum absolute atomic E-state index is 0.0675. The lowest BCUT2D eigenvalue weighted by Crippen LogP contribution is -2.52. The molecule has 0 aromatic heterocycles. The van der Waals surface area contributed by atoms with Gasteiger partial charge < -0.3 is 5.32 Å². The number of para-hydroxylation sites is 1. The van der Waals surface area contributed by atoms with Gasteiger partial charge in [0.1, 0.15) is 5.54 Å². The van der Waals surface area contributed by atoms with E-state index in [0.29, 0.717) is 31.5 Å². The molecule has 2 saturated heterocycles. The molecule has 4 nitrogen and oxygen atoms in total. The van der Waals surface area contributed by atoms with Gasteiger partial charge in [0.05, 0.1) is 5.92 Å². The molecule has 3 aromatic rings. The number of nitrogens with zero attached hydrogens (tertiary/aromatic N) is 1. The van der Waals surface area contributed by atoms with E-state index < -0.39 is 11.5 Å². The van der Waals surface area contributed by atoms with Crippen molar-refractivity contribution in [1.82, 2.24) is 4.90 Å². The standard InChI is InChI=1S/C28H20Cl4N2O2S/c29-16-7-5-15(20(31)11-16)6-10-24(35)26-25(18-9-8-17(30)12-21(18)32)23-13-37-14-34(23)28(26)19-3-1-2-4-22(19)33-27(28)36/h1-12,23,25-26H,13-14H2,(H,33,36)/b10-6+/t23-,25-,26+,28?/m0/s1. The smallest absolute Gasteiger partial charge is 0.250 e. The Kier molecular flexibility index (Phi) is 6.59. The highest BCUT2D eigenvalue weighted by Gasteiger charge is 2.69. The predicted molar refractivity (Wildman–Crippen MR) is 153 cm³/mol. The summed E-state index contributed by atoms with van der Waals surface area (Å²) in [6.07, 6.45) is 3.22. The van der Waals surface area contributed by atoms with Crippen LogP contribution in [0.2, 0.25) is 20.1 Å². The quantitative estimate of drug-likeness (QED) is 0.320. The largest absolute Gasteiger partial charge is 0.324 e. The summed E-state index contributed by atoms with van der Waals surface area (Å²) in [6.45, 7) is 0. The second kappa shape index (κ2) is 9.64. The molecular weight excluding hydrogens is 570 g/mol. The van der Waals surface area contributed by atoms with Crippen molar-refractivity contribution in [2.75, 3.05) is 16.9 Å². The molecule has 9 heteroatoms. The maximum Gasteiger partial charge on any atom is 0.250 e. The van der Waals surface area contributed by atoms with Gasteiger partial charge in [0.15, 0.2) is 5.78 Å². The zero-order valence-electron chi connectivity index (χ0n) is 19.3. The molecule has 1 N–H and O–H groups in total. The number of fused-ring (bicyclic) bond motifs is 4. The van der Waals surface area contributed by atoms with Crippen LogP contribution in [-0.4, -0.2) is 34.3 Å². The summed E-state index contributed by atoms with van der Waals surface area (Å²) >= 11 is 27.1. The fourth-order valence-electron chi connectivity index (χ4n) is 6.09. The maximum absolute atomic E-state index is 14.3. The monoisotopic (exact) mass is 588 g/mol. The van der Waals surface area contributed by atoms with Crippen LogP contribution < -0.4 is 5.32 Å². The number of allylic oxidation sites excluding steroid dienone is 1. The summed E-state index contributed by atoms with van der Waals surface area (Å²) in [5.41, 5.74) is 1.86. The van der Waals surface area contributed by atoms with Crippen LogP contribution in [0.1, 0.15) is 22.6 Å². The highest BCUT2D eigenvalue weighted by molar-refractivity contribution is 7.99. The summed E-state index contributed by atoms with van der Waals surface area (Å²) < 4.78 is 0. The van der Waals surface area contributed by atoms with Gasteiger partial charge in [0.2, 0.25) is 5.91 Å². The number of anilines is 1. The number of amides is 1. The van der Waals surface area contributed by atoms with Gasteiger partial charge in [-0.2, -0.15) is 0 Å². The Balaban J connectivity index is 1.54. The predicted octanol–water partition coefficient (Wildman–Crippen LogP) is 7.52. The van der Waals surface area contributed by atoms with Crippen molar-refractivity contribution in [2.45, 2.75) is 17.5 Å². The first-order valence-corrected chi connectivity index (χ1v) is 14.4. The lowest BCUT2D eigenvalue weighted by atomic mass is 9.70. The Morgan fingerprint density at radius 2 is 1.73 bits per heavy atom. The van der Waals surface area contributed by atoms with E-state index >= 15 is 0 Å². The Labute approximate surface area is 238 Å². The number of benzene rings is 3. The zero-order valence-corrected chi connectivity index (χ0v) is 23.1. The first kappa shape index (κ1) is 25.3. The van der Waals surface area contributed by atoms with Gasteiger partial charge in [0, 0.05) is 54.9 Å². The van der Waals surface area contributed by atoms with Crippen molar-refractivity contribution in [3.63, 3.8) is 0 Å².